The Labute approximate surface area is 229 Å². The van der Waals surface area contributed by atoms with Gasteiger partial charge in [0.1, 0.15) is 0 Å². The zero-order valence-electron chi connectivity index (χ0n) is 22.4. The van der Waals surface area contributed by atoms with Crippen LogP contribution in [-0.2, 0) is 21.3 Å². The molecule has 1 aromatic carbocycles. The first-order chi connectivity index (χ1) is 17.4. The minimum atomic E-state index is -3.69. The molecular weight excluding hydrogens is 554 g/mol. The van der Waals surface area contributed by atoms with E-state index in [1.165, 1.54) is 32.1 Å². The Morgan fingerprint density at radius 3 is 2.38 bits per heavy atom. The molecule has 1 aliphatic carbocycles. The Morgan fingerprint density at radius 1 is 1.08 bits per heavy atom. The summed E-state index contributed by atoms with van der Waals surface area (Å²) < 4.78 is 36.9. The summed E-state index contributed by atoms with van der Waals surface area (Å²) in [5.41, 5.74) is 2.86. The van der Waals surface area contributed by atoms with Crippen molar-refractivity contribution in [2.75, 3.05) is 13.2 Å². The van der Waals surface area contributed by atoms with Gasteiger partial charge in [-0.2, -0.15) is 0 Å². The Bertz CT molecular complexity index is 1220. The summed E-state index contributed by atoms with van der Waals surface area (Å²) in [6.45, 7) is 9.68. The molecule has 1 saturated heterocycles. The molecule has 1 aromatic heterocycles. The quantitative estimate of drug-likeness (QED) is 0.425. The third kappa shape index (κ3) is 7.05. The molecule has 0 atom stereocenters. The van der Waals surface area contributed by atoms with Gasteiger partial charge in [-0.25, -0.2) is 13.1 Å². The standard InChI is InChI=1S/C28H40BrN3O4S/c1-19-23(27(33)30-22-12-14-36-15-13-22)17-25(32(19)18-20-8-6-5-7-9-20)21-10-11-26(24(29)16-21)37(34,35)31-28(2,3)4/h10-11,16-17,20,22,31H,5-9,12-15,18H2,1-4H3,(H,30,33). The fourth-order valence-corrected chi connectivity index (χ4v) is 7.92. The molecule has 0 radical (unpaired) electrons. The summed E-state index contributed by atoms with van der Waals surface area (Å²) in [6, 6.07) is 7.43. The van der Waals surface area contributed by atoms with E-state index in [2.05, 4.69) is 30.5 Å². The predicted molar refractivity (Wildman–Crippen MR) is 150 cm³/mol. The van der Waals surface area contributed by atoms with Crippen LogP contribution in [0.3, 0.4) is 0 Å². The van der Waals surface area contributed by atoms with Gasteiger partial charge >= 0.3 is 0 Å². The first kappa shape index (κ1) is 28.3. The lowest BCUT2D eigenvalue weighted by Crippen LogP contribution is -2.40. The van der Waals surface area contributed by atoms with Gasteiger partial charge in [0.15, 0.2) is 0 Å². The molecule has 0 unspecified atom stereocenters. The van der Waals surface area contributed by atoms with Crippen molar-refractivity contribution < 1.29 is 17.9 Å². The number of ether oxygens (including phenoxy) is 1. The molecule has 1 aliphatic heterocycles. The maximum absolute atomic E-state index is 13.3. The highest BCUT2D eigenvalue weighted by Crippen LogP contribution is 2.34. The molecule has 0 bridgehead atoms. The van der Waals surface area contributed by atoms with E-state index in [0.29, 0.717) is 29.2 Å². The van der Waals surface area contributed by atoms with E-state index in [-0.39, 0.29) is 16.8 Å². The smallest absolute Gasteiger partial charge is 0.253 e. The van der Waals surface area contributed by atoms with Crippen molar-refractivity contribution in [3.8, 4) is 11.3 Å². The van der Waals surface area contributed by atoms with E-state index in [1.807, 2.05) is 45.9 Å². The summed E-state index contributed by atoms with van der Waals surface area (Å²) in [5.74, 6) is 0.518. The lowest BCUT2D eigenvalue weighted by molar-refractivity contribution is 0.0696. The van der Waals surface area contributed by atoms with Crippen LogP contribution in [-0.4, -0.2) is 43.7 Å². The van der Waals surface area contributed by atoms with Gasteiger partial charge in [0.2, 0.25) is 10.0 Å². The van der Waals surface area contributed by atoms with Crippen LogP contribution in [0.1, 0.15) is 81.8 Å². The number of aromatic nitrogens is 1. The van der Waals surface area contributed by atoms with Gasteiger partial charge in [-0.05, 0) is 99.0 Å². The molecule has 2 heterocycles. The van der Waals surface area contributed by atoms with Crippen molar-refractivity contribution in [2.24, 2.45) is 5.92 Å². The van der Waals surface area contributed by atoms with Gasteiger partial charge in [0, 0.05) is 47.2 Å². The van der Waals surface area contributed by atoms with E-state index >= 15 is 0 Å². The number of halogens is 1. The number of carbonyl (C=O) groups is 1. The first-order valence-electron chi connectivity index (χ1n) is 13.4. The van der Waals surface area contributed by atoms with Crippen LogP contribution < -0.4 is 10.0 Å². The normalized spacial score (nSPS) is 18.2. The van der Waals surface area contributed by atoms with Gasteiger partial charge < -0.3 is 14.6 Å². The van der Waals surface area contributed by atoms with Crippen molar-refractivity contribution >= 4 is 31.9 Å². The van der Waals surface area contributed by atoms with Crippen molar-refractivity contribution in [2.45, 2.75) is 95.7 Å². The number of hydrogen-bond donors (Lipinski definition) is 2. The van der Waals surface area contributed by atoms with Crippen molar-refractivity contribution in [1.82, 2.24) is 14.6 Å². The Balaban J connectivity index is 1.69. The van der Waals surface area contributed by atoms with Gasteiger partial charge in [0.25, 0.3) is 5.91 Å². The highest BCUT2D eigenvalue weighted by molar-refractivity contribution is 9.10. The van der Waals surface area contributed by atoms with Crippen molar-refractivity contribution in [3.63, 3.8) is 0 Å². The molecule has 2 N–H and O–H groups in total. The van der Waals surface area contributed by atoms with Gasteiger partial charge in [-0.1, -0.05) is 25.3 Å². The summed E-state index contributed by atoms with van der Waals surface area (Å²) in [6.07, 6.45) is 7.82. The SMILES string of the molecule is Cc1c(C(=O)NC2CCOCC2)cc(-c2ccc(S(=O)(=O)NC(C)(C)C)c(Br)c2)n1CC1CCCCC1. The maximum atomic E-state index is 13.3. The Morgan fingerprint density at radius 2 is 1.76 bits per heavy atom. The molecule has 204 valence electrons. The Kier molecular flexibility index (Phi) is 8.88. The van der Waals surface area contributed by atoms with E-state index in [4.69, 9.17) is 4.74 Å². The molecule has 0 spiro atoms. The summed E-state index contributed by atoms with van der Waals surface area (Å²) in [4.78, 5) is 13.5. The molecule has 4 rings (SSSR count). The molecular formula is C28H40BrN3O4S. The number of amides is 1. The van der Waals surface area contributed by atoms with Gasteiger partial charge in [-0.3, -0.25) is 4.79 Å². The summed E-state index contributed by atoms with van der Waals surface area (Å²) in [5, 5.41) is 3.20. The monoisotopic (exact) mass is 593 g/mol. The number of benzene rings is 1. The molecule has 7 nitrogen and oxygen atoms in total. The average molecular weight is 595 g/mol. The molecule has 2 aromatic rings. The molecule has 1 saturated carbocycles. The number of nitrogens with zero attached hydrogens (tertiary/aromatic N) is 1. The van der Waals surface area contributed by atoms with Crippen LogP contribution in [0.4, 0.5) is 0 Å². The third-order valence-corrected chi connectivity index (χ3v) is 10.0. The number of hydrogen-bond acceptors (Lipinski definition) is 4. The van der Waals surface area contributed by atoms with Gasteiger partial charge in [0.05, 0.1) is 10.5 Å². The van der Waals surface area contributed by atoms with E-state index in [0.717, 1.165) is 36.3 Å². The van der Waals surface area contributed by atoms with Crippen LogP contribution in [0, 0.1) is 12.8 Å². The molecule has 37 heavy (non-hydrogen) atoms. The van der Waals surface area contributed by atoms with E-state index in [9.17, 15) is 13.2 Å². The van der Waals surface area contributed by atoms with E-state index in [1.54, 1.807) is 6.07 Å². The number of rotatable bonds is 7. The lowest BCUT2D eigenvalue weighted by Gasteiger charge is -2.25. The third-order valence-electron chi connectivity index (χ3n) is 7.29. The second-order valence-electron chi connectivity index (χ2n) is 11.5. The fraction of sp³-hybridized carbons (Fsp3) is 0.607. The van der Waals surface area contributed by atoms with Gasteiger partial charge in [-0.15, -0.1) is 0 Å². The second kappa shape index (κ2) is 11.6. The molecule has 9 heteroatoms. The minimum absolute atomic E-state index is 0.0549. The average Bonchev–Trinajstić information content (AvgIpc) is 3.14. The van der Waals surface area contributed by atoms with Crippen LogP contribution in [0.5, 0.6) is 0 Å². The Hall–Kier alpha value is -1.68. The summed E-state index contributed by atoms with van der Waals surface area (Å²) in [7, 11) is -3.69. The van der Waals surface area contributed by atoms with E-state index < -0.39 is 15.6 Å². The molecule has 2 fully saturated rings. The molecule has 1 amide bonds. The highest BCUT2D eigenvalue weighted by atomic mass is 79.9. The first-order valence-corrected chi connectivity index (χ1v) is 15.6. The lowest BCUT2D eigenvalue weighted by atomic mass is 9.89. The van der Waals surface area contributed by atoms with Crippen molar-refractivity contribution in [3.05, 3.63) is 40.0 Å². The van der Waals surface area contributed by atoms with Crippen molar-refractivity contribution in [1.29, 1.82) is 0 Å². The van der Waals surface area contributed by atoms with Crippen LogP contribution in [0.25, 0.3) is 11.3 Å². The number of carbonyl (C=O) groups excluding carboxylic acids is 1. The number of nitrogens with one attached hydrogen (secondary N) is 2. The topological polar surface area (TPSA) is 89.4 Å². The molecule has 2 aliphatic rings. The van der Waals surface area contributed by atoms with Crippen LogP contribution >= 0.6 is 15.9 Å². The minimum Gasteiger partial charge on any atom is -0.381 e. The zero-order chi connectivity index (χ0) is 26.8. The summed E-state index contributed by atoms with van der Waals surface area (Å²) >= 11 is 3.51. The fourth-order valence-electron chi connectivity index (χ4n) is 5.42. The zero-order valence-corrected chi connectivity index (χ0v) is 24.8. The maximum Gasteiger partial charge on any atom is 0.253 e. The van der Waals surface area contributed by atoms with Crippen LogP contribution in [0.2, 0.25) is 0 Å². The predicted octanol–water partition coefficient (Wildman–Crippen LogP) is 5.79. The van der Waals surface area contributed by atoms with Crippen LogP contribution in [0.15, 0.2) is 33.6 Å². The highest BCUT2D eigenvalue weighted by Gasteiger charge is 2.27. The second-order valence-corrected chi connectivity index (χ2v) is 14.0. The largest absolute Gasteiger partial charge is 0.381 e. The number of sulfonamides is 1.